The zero-order chi connectivity index (χ0) is 24.7. The van der Waals surface area contributed by atoms with Gasteiger partial charge < -0.3 is 9.13 Å². The fraction of sp³-hybridized carbons (Fsp3) is 0.0625. The van der Waals surface area contributed by atoms with Crippen molar-refractivity contribution in [2.45, 2.75) is 0 Å². The number of benzene rings is 4. The summed E-state index contributed by atoms with van der Waals surface area (Å²) in [6, 6.07) is 41.3. The largest absolute Gasteiger partial charge is 2.00 e. The van der Waals surface area contributed by atoms with Crippen LogP contribution < -0.4 is 0 Å². The predicted octanol–water partition coefficient (Wildman–Crippen LogP) is 7.51. The van der Waals surface area contributed by atoms with Crippen LogP contribution in [0.3, 0.4) is 0 Å². The summed E-state index contributed by atoms with van der Waals surface area (Å²) in [4.78, 5) is 9.05. The fourth-order valence-electron chi connectivity index (χ4n) is 4.35. The first-order valence-corrected chi connectivity index (χ1v) is 12.0. The van der Waals surface area contributed by atoms with E-state index in [1.165, 1.54) is 11.1 Å². The van der Waals surface area contributed by atoms with Gasteiger partial charge in [0.05, 0.1) is 35.4 Å². The molecule has 37 heavy (non-hydrogen) atoms. The minimum Gasteiger partial charge on any atom is -0.333 e. The van der Waals surface area contributed by atoms with Gasteiger partial charge in [-0.05, 0) is 0 Å². The van der Waals surface area contributed by atoms with Crippen LogP contribution in [0.25, 0.3) is 45.0 Å². The normalized spacial score (nSPS) is 10.2. The molecule has 0 fully saturated rings. The van der Waals surface area contributed by atoms with E-state index in [0.29, 0.717) is 0 Å². The average molecular weight is 532 g/mol. The first-order valence-electron chi connectivity index (χ1n) is 12.0. The van der Waals surface area contributed by atoms with Gasteiger partial charge >= 0.3 is 17.1 Å². The molecule has 2 heterocycles. The number of nitrogens with zero attached hydrogens (tertiary/aromatic N) is 4. The van der Waals surface area contributed by atoms with Crippen LogP contribution in [0.1, 0.15) is 0 Å². The topological polar surface area (TPSA) is 35.6 Å². The van der Waals surface area contributed by atoms with Crippen LogP contribution in [0.5, 0.6) is 0 Å². The van der Waals surface area contributed by atoms with E-state index in [9.17, 15) is 0 Å². The number of aromatic nitrogens is 4. The molecule has 1 radical (unpaired) electrons. The summed E-state index contributed by atoms with van der Waals surface area (Å²) in [6.07, 6.45) is 3.73. The Morgan fingerprint density at radius 3 is 0.973 bits per heavy atom. The van der Waals surface area contributed by atoms with Crippen molar-refractivity contribution in [3.8, 4) is 45.0 Å². The van der Waals surface area contributed by atoms with Crippen LogP contribution in [-0.2, 0) is 31.2 Å². The Morgan fingerprint density at radius 2 is 0.676 bits per heavy atom. The van der Waals surface area contributed by atoms with Crippen molar-refractivity contribution >= 4 is 0 Å². The Balaban J connectivity index is 0.000000168. The van der Waals surface area contributed by atoms with E-state index in [1.54, 1.807) is 0 Å². The number of aryl methyl sites for hydroxylation is 2. The smallest absolute Gasteiger partial charge is 0.333 e. The summed E-state index contributed by atoms with van der Waals surface area (Å²) in [5.41, 5.74) is 9.05. The maximum Gasteiger partial charge on any atom is 2.00 e. The molecule has 0 saturated carbocycles. The molecule has 0 atom stereocenters. The summed E-state index contributed by atoms with van der Waals surface area (Å²) < 4.78 is 4.13. The zero-order valence-electron chi connectivity index (χ0n) is 20.8. The summed E-state index contributed by atoms with van der Waals surface area (Å²) in [7, 11) is 4.06. The standard InChI is InChI=1S/2C16H14N2.Cu/c2*1-18-12-17-15(13-8-4-2-5-9-13)16(18)14-10-6-3-7-11-14;/h2*2-12H,1H3;/q;;+2. The second-order valence-corrected chi connectivity index (χ2v) is 8.57. The minimum atomic E-state index is 0. The molecule has 6 aromatic rings. The van der Waals surface area contributed by atoms with Crippen molar-refractivity contribution in [3.05, 3.63) is 134 Å². The molecule has 0 aliphatic heterocycles. The van der Waals surface area contributed by atoms with Crippen LogP contribution in [-0.4, -0.2) is 19.1 Å². The van der Waals surface area contributed by atoms with E-state index in [-0.39, 0.29) is 17.1 Å². The molecule has 0 N–H and O–H groups in total. The van der Waals surface area contributed by atoms with Crippen molar-refractivity contribution in [1.29, 1.82) is 0 Å². The van der Waals surface area contributed by atoms with Gasteiger partial charge in [0.25, 0.3) is 0 Å². The Morgan fingerprint density at radius 1 is 0.405 bits per heavy atom. The van der Waals surface area contributed by atoms with Gasteiger partial charge in [-0.15, -0.1) is 0 Å². The quantitative estimate of drug-likeness (QED) is 0.221. The average Bonchev–Trinajstić information content (AvgIpc) is 3.53. The number of hydrogen-bond acceptors (Lipinski definition) is 2. The Kier molecular flexibility index (Phi) is 8.52. The molecule has 5 heteroatoms. The van der Waals surface area contributed by atoms with E-state index >= 15 is 0 Å². The van der Waals surface area contributed by atoms with E-state index < -0.39 is 0 Å². The van der Waals surface area contributed by atoms with Crippen LogP contribution in [0.2, 0.25) is 0 Å². The molecule has 4 nitrogen and oxygen atoms in total. The monoisotopic (exact) mass is 531 g/mol. The predicted molar refractivity (Wildman–Crippen MR) is 148 cm³/mol. The molecule has 0 aliphatic rings. The van der Waals surface area contributed by atoms with E-state index in [1.807, 2.05) is 75.3 Å². The van der Waals surface area contributed by atoms with E-state index in [0.717, 1.165) is 33.9 Å². The third kappa shape index (κ3) is 5.80. The van der Waals surface area contributed by atoms with E-state index in [2.05, 4.69) is 91.9 Å². The summed E-state index contributed by atoms with van der Waals surface area (Å²) in [5.74, 6) is 0. The number of imidazole rings is 2. The molecule has 0 aliphatic carbocycles. The molecule has 0 spiro atoms. The third-order valence-corrected chi connectivity index (χ3v) is 6.06. The zero-order valence-corrected chi connectivity index (χ0v) is 21.7. The maximum absolute atomic E-state index is 4.53. The van der Waals surface area contributed by atoms with Crippen LogP contribution in [0, 0.1) is 0 Å². The number of rotatable bonds is 4. The van der Waals surface area contributed by atoms with Crippen molar-refractivity contribution in [1.82, 2.24) is 19.1 Å². The van der Waals surface area contributed by atoms with Gasteiger partial charge in [0.15, 0.2) is 0 Å². The maximum atomic E-state index is 4.53. The molecule has 2 aromatic heterocycles. The molecule has 0 bridgehead atoms. The molecule has 0 amide bonds. The second-order valence-electron chi connectivity index (χ2n) is 8.57. The first kappa shape index (κ1) is 25.9. The van der Waals surface area contributed by atoms with Gasteiger partial charge in [-0.1, -0.05) is 121 Å². The van der Waals surface area contributed by atoms with Crippen molar-refractivity contribution in [3.63, 3.8) is 0 Å². The van der Waals surface area contributed by atoms with Gasteiger partial charge in [0, 0.05) is 36.3 Å². The summed E-state index contributed by atoms with van der Waals surface area (Å²) >= 11 is 0. The first-order chi connectivity index (χ1) is 17.7. The number of hydrogen-bond donors (Lipinski definition) is 0. The summed E-state index contributed by atoms with van der Waals surface area (Å²) in [6.45, 7) is 0. The molecule has 6 rings (SSSR count). The molecule has 185 valence electrons. The molecular weight excluding hydrogens is 504 g/mol. The van der Waals surface area contributed by atoms with Crippen molar-refractivity contribution in [2.75, 3.05) is 0 Å². The van der Waals surface area contributed by atoms with E-state index in [4.69, 9.17) is 0 Å². The summed E-state index contributed by atoms with van der Waals surface area (Å²) in [5, 5.41) is 0. The van der Waals surface area contributed by atoms with Gasteiger partial charge in [-0.2, -0.15) is 0 Å². The van der Waals surface area contributed by atoms with Crippen molar-refractivity contribution < 1.29 is 17.1 Å². The SMILES string of the molecule is Cn1cnc(-c2ccccc2)c1-c1ccccc1.Cn1cnc(-c2ccccc2)c1-c1ccccc1.[Cu+2]. The molecule has 0 unspecified atom stereocenters. The van der Waals surface area contributed by atoms with Gasteiger partial charge in [-0.3, -0.25) is 0 Å². The Labute approximate surface area is 228 Å². The Hall–Kier alpha value is -4.18. The minimum absolute atomic E-state index is 0. The van der Waals surface area contributed by atoms with Crippen LogP contribution >= 0.6 is 0 Å². The van der Waals surface area contributed by atoms with Crippen molar-refractivity contribution in [2.24, 2.45) is 14.1 Å². The van der Waals surface area contributed by atoms with Gasteiger partial charge in [-0.25, -0.2) is 9.97 Å². The van der Waals surface area contributed by atoms with Gasteiger partial charge in [0.1, 0.15) is 0 Å². The third-order valence-electron chi connectivity index (χ3n) is 6.06. The van der Waals surface area contributed by atoms with Gasteiger partial charge in [0.2, 0.25) is 0 Å². The molecule has 0 saturated heterocycles. The van der Waals surface area contributed by atoms with Crippen LogP contribution in [0.15, 0.2) is 134 Å². The second kappa shape index (κ2) is 12.2. The molecular formula is C32H28CuN4+2. The fourth-order valence-corrected chi connectivity index (χ4v) is 4.35. The molecule has 4 aromatic carbocycles. The van der Waals surface area contributed by atoms with Crippen LogP contribution in [0.4, 0.5) is 0 Å². The Bertz CT molecular complexity index is 1400.